The van der Waals surface area contributed by atoms with Crippen LogP contribution < -0.4 is 10.9 Å². The Morgan fingerprint density at radius 1 is 1.09 bits per heavy atom. The number of nitrogens with one attached hydrogen (secondary N) is 2. The number of urea groups is 1. The summed E-state index contributed by atoms with van der Waals surface area (Å²) in [7, 11) is 0. The Balaban J connectivity index is 1.56. The summed E-state index contributed by atoms with van der Waals surface area (Å²) in [5.41, 5.74) is 7.25. The Bertz CT molecular complexity index is 716. The molecule has 2 heterocycles. The number of hydrogen-bond acceptors (Lipinski definition) is 3. The van der Waals surface area contributed by atoms with E-state index in [4.69, 9.17) is 11.6 Å². The van der Waals surface area contributed by atoms with Gasteiger partial charge in [-0.2, -0.15) is 0 Å². The lowest BCUT2D eigenvalue weighted by atomic mass is 10.0. The molecule has 0 fully saturated rings. The number of halogens is 1. The third kappa shape index (κ3) is 3.23. The van der Waals surface area contributed by atoms with Crippen molar-refractivity contribution < 1.29 is 9.59 Å². The van der Waals surface area contributed by atoms with Crippen LogP contribution in [0, 0.1) is 0 Å². The maximum atomic E-state index is 12.1. The van der Waals surface area contributed by atoms with Crippen LogP contribution in [0.4, 0.5) is 4.79 Å². The number of hydrazine groups is 1. The summed E-state index contributed by atoms with van der Waals surface area (Å²) in [5.74, 6) is -0.373. The number of fused-ring (bicyclic) bond motifs is 1. The highest BCUT2D eigenvalue weighted by molar-refractivity contribution is 7.17. The minimum atomic E-state index is -0.373. The van der Waals surface area contributed by atoms with E-state index in [0.717, 1.165) is 23.3 Å². The average molecular weight is 336 g/mol. The van der Waals surface area contributed by atoms with Gasteiger partial charge >= 0.3 is 6.03 Å². The Morgan fingerprint density at radius 2 is 1.86 bits per heavy atom. The second-order valence-electron chi connectivity index (χ2n) is 4.93. The summed E-state index contributed by atoms with van der Waals surface area (Å²) < 4.78 is 0.532. The van der Waals surface area contributed by atoms with Crippen molar-refractivity contribution >= 4 is 34.9 Å². The normalized spacial score (nSPS) is 13.4. The number of amides is 3. The van der Waals surface area contributed by atoms with Crippen LogP contribution in [0.1, 0.15) is 20.8 Å². The van der Waals surface area contributed by atoms with Crippen molar-refractivity contribution in [2.45, 2.75) is 13.0 Å². The Kier molecular flexibility index (Phi) is 4.31. The van der Waals surface area contributed by atoms with Crippen LogP contribution in [0.2, 0.25) is 4.34 Å². The second kappa shape index (κ2) is 6.37. The Labute approximate surface area is 136 Å². The number of carbonyl (C=O) groups is 2. The maximum absolute atomic E-state index is 12.1. The summed E-state index contributed by atoms with van der Waals surface area (Å²) in [6, 6.07) is 11.0. The van der Waals surface area contributed by atoms with Crippen molar-refractivity contribution in [1.29, 1.82) is 0 Å². The van der Waals surface area contributed by atoms with E-state index in [1.807, 2.05) is 18.2 Å². The van der Waals surface area contributed by atoms with E-state index in [9.17, 15) is 9.59 Å². The summed E-state index contributed by atoms with van der Waals surface area (Å²) in [4.78, 5) is 26.1. The van der Waals surface area contributed by atoms with Gasteiger partial charge < -0.3 is 4.90 Å². The van der Waals surface area contributed by atoms with Crippen LogP contribution in [0.5, 0.6) is 0 Å². The third-order valence-corrected chi connectivity index (χ3v) is 4.73. The molecule has 1 aliphatic heterocycles. The Hall–Kier alpha value is -2.05. The van der Waals surface area contributed by atoms with Crippen LogP contribution in [0.3, 0.4) is 0 Å². The van der Waals surface area contributed by atoms with Crippen molar-refractivity contribution in [3.63, 3.8) is 0 Å². The van der Waals surface area contributed by atoms with Crippen LogP contribution in [0.25, 0.3) is 0 Å². The third-order valence-electron chi connectivity index (χ3n) is 3.50. The van der Waals surface area contributed by atoms with E-state index >= 15 is 0 Å². The van der Waals surface area contributed by atoms with Gasteiger partial charge in [0.25, 0.3) is 5.91 Å². The number of rotatable bonds is 1. The summed E-state index contributed by atoms with van der Waals surface area (Å²) in [6.07, 6.45) is 0.818. The molecule has 5 nitrogen and oxygen atoms in total. The molecule has 0 unspecified atom stereocenters. The first kappa shape index (κ1) is 14.9. The van der Waals surface area contributed by atoms with E-state index < -0.39 is 0 Å². The molecule has 0 atom stereocenters. The highest BCUT2D eigenvalue weighted by Gasteiger charge is 2.20. The molecule has 3 rings (SSSR count). The van der Waals surface area contributed by atoms with Gasteiger partial charge in [0.1, 0.15) is 0 Å². The van der Waals surface area contributed by atoms with E-state index in [1.54, 1.807) is 17.0 Å². The van der Waals surface area contributed by atoms with Gasteiger partial charge in [-0.1, -0.05) is 35.9 Å². The molecule has 114 valence electrons. The SMILES string of the molecule is O=C(NNC(=O)N1CCc2ccccc2C1)c1ccc(Cl)s1. The molecule has 0 spiro atoms. The monoisotopic (exact) mass is 335 g/mol. The molecular formula is C15H14ClN3O2S. The largest absolute Gasteiger partial charge is 0.336 e. The molecule has 0 saturated carbocycles. The minimum Gasteiger partial charge on any atom is -0.319 e. The van der Waals surface area contributed by atoms with Gasteiger partial charge in [0.05, 0.1) is 9.21 Å². The number of thiophene rings is 1. The van der Waals surface area contributed by atoms with Crippen molar-refractivity contribution in [3.05, 3.63) is 56.7 Å². The fourth-order valence-electron chi connectivity index (χ4n) is 2.36. The van der Waals surface area contributed by atoms with Crippen molar-refractivity contribution in [3.8, 4) is 0 Å². The summed E-state index contributed by atoms with van der Waals surface area (Å²) in [6.45, 7) is 1.17. The topological polar surface area (TPSA) is 61.4 Å². The lowest BCUT2D eigenvalue weighted by molar-refractivity contribution is 0.0933. The lowest BCUT2D eigenvalue weighted by Gasteiger charge is -2.28. The highest BCUT2D eigenvalue weighted by Crippen LogP contribution is 2.21. The zero-order valence-corrected chi connectivity index (χ0v) is 13.2. The van der Waals surface area contributed by atoms with Crippen LogP contribution >= 0.6 is 22.9 Å². The zero-order chi connectivity index (χ0) is 15.5. The maximum Gasteiger partial charge on any atom is 0.336 e. The van der Waals surface area contributed by atoms with E-state index in [0.29, 0.717) is 22.3 Å². The molecule has 3 amide bonds. The molecular weight excluding hydrogens is 322 g/mol. The second-order valence-corrected chi connectivity index (χ2v) is 6.64. The van der Waals surface area contributed by atoms with Crippen LogP contribution in [0.15, 0.2) is 36.4 Å². The smallest absolute Gasteiger partial charge is 0.319 e. The predicted octanol–water partition coefficient (Wildman–Crippen LogP) is 2.81. The first-order chi connectivity index (χ1) is 10.6. The predicted molar refractivity (Wildman–Crippen MR) is 85.9 cm³/mol. The van der Waals surface area contributed by atoms with Gasteiger partial charge in [0.15, 0.2) is 0 Å². The van der Waals surface area contributed by atoms with Gasteiger partial charge in [-0.25, -0.2) is 10.2 Å². The molecule has 22 heavy (non-hydrogen) atoms. The first-order valence-corrected chi connectivity index (χ1v) is 8.00. The van der Waals surface area contributed by atoms with Crippen molar-refractivity contribution in [2.24, 2.45) is 0 Å². The molecule has 0 aliphatic carbocycles. The molecule has 0 saturated heterocycles. The molecule has 7 heteroatoms. The van der Waals surface area contributed by atoms with Gasteiger partial charge in [-0.05, 0) is 29.7 Å². The van der Waals surface area contributed by atoms with Gasteiger partial charge in [0, 0.05) is 13.1 Å². The minimum absolute atomic E-state index is 0.314. The van der Waals surface area contributed by atoms with E-state index in [-0.39, 0.29) is 11.9 Å². The molecule has 2 aromatic rings. The molecule has 1 aliphatic rings. The number of benzene rings is 1. The van der Waals surface area contributed by atoms with Gasteiger partial charge in [0.2, 0.25) is 0 Å². The Morgan fingerprint density at radius 3 is 2.59 bits per heavy atom. The van der Waals surface area contributed by atoms with E-state index in [2.05, 4.69) is 16.9 Å². The van der Waals surface area contributed by atoms with Crippen molar-refractivity contribution in [1.82, 2.24) is 15.8 Å². The number of hydrogen-bond donors (Lipinski definition) is 2. The first-order valence-electron chi connectivity index (χ1n) is 6.81. The number of nitrogens with zero attached hydrogens (tertiary/aromatic N) is 1. The van der Waals surface area contributed by atoms with Gasteiger partial charge in [-0.3, -0.25) is 10.2 Å². The van der Waals surface area contributed by atoms with Crippen LogP contribution in [-0.2, 0) is 13.0 Å². The molecule has 2 N–H and O–H groups in total. The van der Waals surface area contributed by atoms with Crippen LogP contribution in [-0.4, -0.2) is 23.4 Å². The zero-order valence-electron chi connectivity index (χ0n) is 11.6. The molecule has 1 aromatic carbocycles. The summed E-state index contributed by atoms with van der Waals surface area (Å²) in [5, 5.41) is 0. The standard InChI is InChI=1S/C15H14ClN3O2S/c16-13-6-5-12(22-13)14(20)17-18-15(21)19-8-7-10-3-1-2-4-11(10)9-19/h1-6H,7-9H2,(H,17,20)(H,18,21). The molecule has 0 bridgehead atoms. The molecule has 0 radical (unpaired) electrons. The van der Waals surface area contributed by atoms with E-state index in [1.165, 1.54) is 5.56 Å². The summed E-state index contributed by atoms with van der Waals surface area (Å²) >= 11 is 6.94. The molecule has 1 aromatic heterocycles. The number of carbonyl (C=O) groups excluding carboxylic acids is 2. The van der Waals surface area contributed by atoms with Crippen molar-refractivity contribution in [2.75, 3.05) is 6.54 Å². The fourth-order valence-corrected chi connectivity index (χ4v) is 3.29. The van der Waals surface area contributed by atoms with Gasteiger partial charge in [-0.15, -0.1) is 11.3 Å². The fraction of sp³-hybridized carbons (Fsp3) is 0.200. The highest BCUT2D eigenvalue weighted by atomic mass is 35.5. The quantitative estimate of drug-likeness (QED) is 0.787. The lowest BCUT2D eigenvalue weighted by Crippen LogP contribution is -2.49. The average Bonchev–Trinajstić information content (AvgIpc) is 2.98.